The number of amides is 3. The van der Waals surface area contributed by atoms with Crippen molar-refractivity contribution in [2.24, 2.45) is 5.41 Å². The van der Waals surface area contributed by atoms with E-state index in [1.54, 1.807) is 44.6 Å². The van der Waals surface area contributed by atoms with Crippen LogP contribution in [-0.4, -0.2) is 67.7 Å². The van der Waals surface area contributed by atoms with Crippen LogP contribution >= 0.6 is 44.6 Å². The second-order valence-corrected chi connectivity index (χ2v) is 15.0. The molecule has 0 aliphatic carbocycles. The van der Waals surface area contributed by atoms with Crippen molar-refractivity contribution < 1.29 is 22.2 Å². The van der Waals surface area contributed by atoms with E-state index in [0.717, 1.165) is 50.0 Å². The van der Waals surface area contributed by atoms with Crippen LogP contribution in [0.1, 0.15) is 86.0 Å². The summed E-state index contributed by atoms with van der Waals surface area (Å²) in [6.07, 6.45) is 31.5. The summed E-state index contributed by atoms with van der Waals surface area (Å²) in [5.41, 5.74) is -0.510. The highest BCUT2D eigenvalue weighted by Gasteiger charge is 2.36. The first-order valence-electron chi connectivity index (χ1n) is 17.0. The molecule has 0 rings (SSSR count). The number of hydrogen-bond donors (Lipinski definition) is 3. The van der Waals surface area contributed by atoms with Crippen molar-refractivity contribution in [2.45, 2.75) is 98.2 Å². The third-order valence-electron chi connectivity index (χ3n) is 6.48. The number of halogens is 1. The van der Waals surface area contributed by atoms with Crippen molar-refractivity contribution in [3.63, 3.8) is 0 Å². The van der Waals surface area contributed by atoms with Crippen LogP contribution in [0.2, 0.25) is 0 Å². The van der Waals surface area contributed by atoms with Gasteiger partial charge in [0.2, 0.25) is 11.8 Å². The topological polar surface area (TPSA) is 106 Å². The molecule has 0 saturated carbocycles. The van der Waals surface area contributed by atoms with Crippen molar-refractivity contribution in [3.8, 4) is 0 Å². The van der Waals surface area contributed by atoms with Gasteiger partial charge in [0.05, 0.1) is 12.7 Å². The molecule has 3 N–H and O–H groups in total. The molecule has 0 unspecified atom stereocenters. The molecule has 48 heavy (non-hydrogen) atoms. The number of ether oxygens (including phenoxy) is 1. The number of carbonyl (C=O) groups is 3. The number of rotatable bonds is 29. The van der Waals surface area contributed by atoms with E-state index in [-0.39, 0.29) is 36.8 Å². The maximum atomic E-state index is 12.6. The molecule has 8 nitrogen and oxygen atoms in total. The number of hydrogen-bond acceptors (Lipinski definition) is 7. The van der Waals surface area contributed by atoms with Crippen LogP contribution in [0, 0.1) is 5.41 Å². The predicted molar refractivity (Wildman–Crippen MR) is 215 cm³/mol. The lowest BCUT2D eigenvalue weighted by atomic mass is 9.87. The summed E-state index contributed by atoms with van der Waals surface area (Å²) in [5.74, 6) is 1.19. The van der Waals surface area contributed by atoms with Gasteiger partial charge >= 0.3 is 0 Å². The molecule has 0 aromatic carbocycles. The van der Waals surface area contributed by atoms with Gasteiger partial charge < -0.3 is 23.8 Å². The lowest BCUT2D eigenvalue weighted by Crippen LogP contribution is -2.47. The first-order chi connectivity index (χ1) is 23.1. The van der Waals surface area contributed by atoms with E-state index < -0.39 is 11.5 Å². The fourth-order valence-corrected chi connectivity index (χ4v) is 6.55. The Morgan fingerprint density at radius 1 is 0.688 bits per heavy atom. The van der Waals surface area contributed by atoms with E-state index in [9.17, 15) is 14.4 Å². The summed E-state index contributed by atoms with van der Waals surface area (Å²) < 4.78 is 11.1. The zero-order valence-electron chi connectivity index (χ0n) is 29.7. The number of carbonyl (C=O) groups excluding carboxylic acids is 3. The van der Waals surface area contributed by atoms with E-state index in [4.69, 9.17) is 7.80 Å². The molecule has 1 atom stereocenters. The maximum absolute atomic E-state index is 12.6. The van der Waals surface area contributed by atoms with Crippen molar-refractivity contribution in [2.75, 3.05) is 37.7 Å². The molecule has 0 bridgehead atoms. The standard InChI is InChI=1S/C37H60IN3O5S2/c1-6-7-8-9-10-11-12-13-14-15-16-17-18-19-20-21-22-23-24-33(42)39-27-29-47-48-30-28-40-34(43)25-26-41-36(44)35(46-38)37(4,5)31-45-32(2)3/h7-8,10-11,13-14,16-17,19-20,22-23,32,35H,6,9,12,15,18,21,24-31H2,1-5H3,(H,39,42)(H,40,43)(H,41,44)/b8-7-,11-10-,14-13-,17-16-,20-19-,23-22-/t35-/m0/s1. The number of nitrogens with one attached hydrogen (secondary N) is 3. The lowest BCUT2D eigenvalue weighted by Gasteiger charge is -2.31. The molecule has 0 radical (unpaired) electrons. The largest absolute Gasteiger partial charge is 0.378 e. The van der Waals surface area contributed by atoms with Gasteiger partial charge in [0.15, 0.2) is 6.10 Å². The molecule has 0 spiro atoms. The molecular weight excluding hydrogens is 757 g/mol. The minimum atomic E-state index is -0.685. The normalized spacial score (nSPS) is 13.3. The van der Waals surface area contributed by atoms with E-state index in [2.05, 4.69) is 83.6 Å². The van der Waals surface area contributed by atoms with Gasteiger partial charge in [-0.15, -0.1) is 0 Å². The van der Waals surface area contributed by atoms with Crippen molar-refractivity contribution >= 4 is 62.3 Å². The van der Waals surface area contributed by atoms with Gasteiger partial charge in [0.1, 0.15) is 23.0 Å². The van der Waals surface area contributed by atoms with Crippen molar-refractivity contribution in [3.05, 3.63) is 72.9 Å². The Labute approximate surface area is 313 Å². The van der Waals surface area contributed by atoms with Crippen molar-refractivity contribution in [1.29, 1.82) is 0 Å². The molecule has 0 aliphatic rings. The van der Waals surface area contributed by atoms with Crippen LogP contribution in [0.4, 0.5) is 0 Å². The van der Waals surface area contributed by atoms with Gasteiger partial charge in [-0.2, -0.15) is 0 Å². The molecule has 0 heterocycles. The van der Waals surface area contributed by atoms with E-state index >= 15 is 0 Å². The quantitative estimate of drug-likeness (QED) is 0.0302. The molecule has 0 aromatic heterocycles. The van der Waals surface area contributed by atoms with Gasteiger partial charge in [0.25, 0.3) is 5.91 Å². The second-order valence-electron chi connectivity index (χ2n) is 11.8. The highest BCUT2D eigenvalue weighted by atomic mass is 127. The number of allylic oxidation sites excluding steroid dienone is 11. The molecular formula is C37H60IN3O5S2. The van der Waals surface area contributed by atoms with Gasteiger partial charge in [-0.3, -0.25) is 14.4 Å². The van der Waals surface area contributed by atoms with Crippen molar-refractivity contribution in [1.82, 2.24) is 16.0 Å². The third kappa shape index (κ3) is 29.1. The molecule has 11 heteroatoms. The second kappa shape index (κ2) is 32.4. The minimum absolute atomic E-state index is 0.0174. The summed E-state index contributed by atoms with van der Waals surface area (Å²) in [4.78, 5) is 36.7. The van der Waals surface area contributed by atoms with Gasteiger partial charge in [-0.1, -0.05) is 115 Å². The molecule has 0 saturated heterocycles. The van der Waals surface area contributed by atoms with Crippen LogP contribution in [0.3, 0.4) is 0 Å². The smallest absolute Gasteiger partial charge is 0.250 e. The van der Waals surface area contributed by atoms with Gasteiger partial charge in [0, 0.05) is 49.4 Å². The van der Waals surface area contributed by atoms with Crippen LogP contribution in [0.5, 0.6) is 0 Å². The average Bonchev–Trinajstić information content (AvgIpc) is 3.04. The highest BCUT2D eigenvalue weighted by Crippen LogP contribution is 2.26. The fourth-order valence-electron chi connectivity index (χ4n) is 3.82. The molecule has 0 aliphatic heterocycles. The summed E-state index contributed by atoms with van der Waals surface area (Å²) in [6, 6.07) is 0. The van der Waals surface area contributed by atoms with Gasteiger partial charge in [-0.05, 0) is 52.4 Å². The van der Waals surface area contributed by atoms with Gasteiger partial charge in [-0.25, -0.2) is 0 Å². The Balaban J connectivity index is 3.77. The monoisotopic (exact) mass is 817 g/mol. The first-order valence-corrected chi connectivity index (χ1v) is 20.3. The Kier molecular flexibility index (Phi) is 31.2. The third-order valence-corrected chi connectivity index (χ3v) is 9.39. The molecule has 3 amide bonds. The first kappa shape index (κ1) is 46.2. The summed E-state index contributed by atoms with van der Waals surface area (Å²) in [6.45, 7) is 11.6. The Bertz CT molecular complexity index is 1040. The minimum Gasteiger partial charge on any atom is -0.378 e. The molecule has 272 valence electrons. The van der Waals surface area contributed by atoms with Crippen LogP contribution < -0.4 is 16.0 Å². The Morgan fingerprint density at radius 3 is 1.60 bits per heavy atom. The van der Waals surface area contributed by atoms with E-state index in [1.165, 1.54) is 0 Å². The van der Waals surface area contributed by atoms with Crippen LogP contribution in [0.25, 0.3) is 0 Å². The lowest BCUT2D eigenvalue weighted by molar-refractivity contribution is -0.134. The van der Waals surface area contributed by atoms with Crippen LogP contribution in [0.15, 0.2) is 72.9 Å². The zero-order chi connectivity index (χ0) is 35.7. The van der Waals surface area contributed by atoms with E-state index in [0.29, 0.717) is 26.1 Å². The van der Waals surface area contributed by atoms with E-state index in [1.807, 2.05) is 39.8 Å². The molecule has 0 aromatic rings. The SMILES string of the molecule is CC/C=C\C/C=C\C/C=C\C/C=C\C/C=C\C/C=C\CC(=O)NCCSSCCNC(=O)CCNC(=O)[C@H](OI)C(C)(C)COC(C)C. The highest BCUT2D eigenvalue weighted by molar-refractivity contribution is 14.1. The fraction of sp³-hybridized carbons (Fsp3) is 0.595. The maximum Gasteiger partial charge on any atom is 0.250 e. The zero-order valence-corrected chi connectivity index (χ0v) is 33.5. The summed E-state index contributed by atoms with van der Waals surface area (Å²) in [7, 11) is 3.31. The average molecular weight is 818 g/mol. The predicted octanol–water partition coefficient (Wildman–Crippen LogP) is 8.38. The Hall–Kier alpha value is -1.80. The summed E-state index contributed by atoms with van der Waals surface area (Å²) in [5, 5.41) is 8.59. The Morgan fingerprint density at radius 2 is 1.15 bits per heavy atom. The molecule has 0 fully saturated rings. The van der Waals surface area contributed by atoms with Crippen LogP contribution in [-0.2, 0) is 22.2 Å². The summed E-state index contributed by atoms with van der Waals surface area (Å²) >= 11 is 1.74.